The Kier molecular flexibility index (Phi) is 2.35. The van der Waals surface area contributed by atoms with Crippen LogP contribution in [0.4, 0.5) is 5.69 Å². The fraction of sp³-hybridized carbons (Fsp3) is 0.0714. The van der Waals surface area contributed by atoms with Gasteiger partial charge in [-0.05, 0) is 24.6 Å². The zero-order valence-corrected chi connectivity index (χ0v) is 10.0. The highest BCUT2D eigenvalue weighted by Gasteiger charge is 2.13. The van der Waals surface area contributed by atoms with E-state index in [-0.39, 0.29) is 11.1 Å². The molecule has 3 aromatic rings. The lowest BCUT2D eigenvalue weighted by atomic mass is 10.0. The highest BCUT2D eigenvalue weighted by molar-refractivity contribution is 6.06. The second kappa shape index (κ2) is 3.91. The standard InChI is InChI=1S/C14H9NO4/c1-8-3-2-4-12-13(8)10-6-5-9(15(17)18)7-11(10)14(16)19-12/h2-7H,1H3. The predicted octanol–water partition coefficient (Wildman–Crippen LogP) is 3.16. The first kappa shape index (κ1) is 11.4. The molecule has 0 aliphatic carbocycles. The summed E-state index contributed by atoms with van der Waals surface area (Å²) in [5.41, 5.74) is 0.774. The number of hydrogen-bond donors (Lipinski definition) is 0. The molecule has 0 saturated heterocycles. The minimum Gasteiger partial charge on any atom is -0.422 e. The predicted molar refractivity (Wildman–Crippen MR) is 71.4 cm³/mol. The Hall–Kier alpha value is -2.69. The molecular weight excluding hydrogens is 246 g/mol. The number of hydrogen-bond acceptors (Lipinski definition) is 4. The molecule has 1 aromatic heterocycles. The molecule has 0 bridgehead atoms. The van der Waals surface area contributed by atoms with Crippen molar-refractivity contribution >= 4 is 27.4 Å². The molecule has 0 aliphatic rings. The molecule has 3 rings (SSSR count). The first-order chi connectivity index (χ1) is 9.08. The molecular formula is C14H9NO4. The molecule has 0 N–H and O–H groups in total. The Bertz CT molecular complexity index is 880. The van der Waals surface area contributed by atoms with Gasteiger partial charge in [0, 0.05) is 22.9 Å². The summed E-state index contributed by atoms with van der Waals surface area (Å²) in [6.45, 7) is 1.91. The average molecular weight is 255 g/mol. The Morgan fingerprint density at radius 1 is 1.16 bits per heavy atom. The monoisotopic (exact) mass is 255 g/mol. The van der Waals surface area contributed by atoms with Gasteiger partial charge in [0.1, 0.15) is 5.58 Å². The highest BCUT2D eigenvalue weighted by Crippen LogP contribution is 2.27. The van der Waals surface area contributed by atoms with E-state index >= 15 is 0 Å². The zero-order chi connectivity index (χ0) is 13.6. The van der Waals surface area contributed by atoms with Crippen LogP contribution >= 0.6 is 0 Å². The summed E-state index contributed by atoms with van der Waals surface area (Å²) in [5.74, 6) is 0. The number of benzene rings is 2. The van der Waals surface area contributed by atoms with Crippen LogP contribution in [0.5, 0.6) is 0 Å². The van der Waals surface area contributed by atoms with Crippen LogP contribution in [0.25, 0.3) is 21.7 Å². The van der Waals surface area contributed by atoms with Gasteiger partial charge in [-0.25, -0.2) is 4.79 Å². The normalized spacial score (nSPS) is 11.0. The van der Waals surface area contributed by atoms with Crippen molar-refractivity contribution in [3.05, 3.63) is 62.5 Å². The summed E-state index contributed by atoms with van der Waals surface area (Å²) in [6.07, 6.45) is 0. The van der Waals surface area contributed by atoms with Crippen molar-refractivity contribution in [3.63, 3.8) is 0 Å². The van der Waals surface area contributed by atoms with Crippen LogP contribution in [0, 0.1) is 17.0 Å². The van der Waals surface area contributed by atoms with Gasteiger partial charge in [0.15, 0.2) is 0 Å². The Morgan fingerprint density at radius 3 is 2.68 bits per heavy atom. The van der Waals surface area contributed by atoms with E-state index in [4.69, 9.17) is 4.42 Å². The molecule has 1 heterocycles. The van der Waals surface area contributed by atoms with Crippen molar-refractivity contribution in [2.24, 2.45) is 0 Å². The summed E-state index contributed by atoms with van der Waals surface area (Å²) in [4.78, 5) is 22.1. The highest BCUT2D eigenvalue weighted by atomic mass is 16.6. The minimum atomic E-state index is -0.559. The van der Waals surface area contributed by atoms with Crippen LogP contribution in [0.15, 0.2) is 45.6 Å². The third-order valence-corrected chi connectivity index (χ3v) is 3.14. The second-order valence-corrected chi connectivity index (χ2v) is 4.32. The van der Waals surface area contributed by atoms with Crippen LogP contribution in [-0.4, -0.2) is 4.92 Å². The molecule has 0 fully saturated rings. The van der Waals surface area contributed by atoms with E-state index in [1.807, 2.05) is 13.0 Å². The van der Waals surface area contributed by atoms with Crippen LogP contribution < -0.4 is 5.63 Å². The SMILES string of the molecule is Cc1cccc2oc(=O)c3cc([N+](=O)[O-])ccc3c12. The van der Waals surface area contributed by atoms with E-state index in [1.54, 1.807) is 18.2 Å². The molecule has 5 nitrogen and oxygen atoms in total. The van der Waals surface area contributed by atoms with Crippen molar-refractivity contribution in [2.45, 2.75) is 6.92 Å². The van der Waals surface area contributed by atoms with Crippen LogP contribution in [-0.2, 0) is 0 Å². The summed E-state index contributed by atoms with van der Waals surface area (Å²) in [7, 11) is 0. The van der Waals surface area contributed by atoms with E-state index < -0.39 is 10.5 Å². The molecule has 5 heteroatoms. The molecule has 94 valence electrons. The maximum absolute atomic E-state index is 11.9. The number of fused-ring (bicyclic) bond motifs is 3. The molecule has 0 radical (unpaired) electrons. The smallest absolute Gasteiger partial charge is 0.344 e. The fourth-order valence-electron chi connectivity index (χ4n) is 2.26. The maximum Gasteiger partial charge on any atom is 0.344 e. The lowest BCUT2D eigenvalue weighted by Crippen LogP contribution is -2.01. The Morgan fingerprint density at radius 2 is 1.95 bits per heavy atom. The summed E-state index contributed by atoms with van der Waals surface area (Å²) < 4.78 is 5.21. The van der Waals surface area contributed by atoms with Gasteiger partial charge in [0.25, 0.3) is 5.69 Å². The van der Waals surface area contributed by atoms with E-state index in [9.17, 15) is 14.9 Å². The summed E-state index contributed by atoms with van der Waals surface area (Å²) in [5, 5.41) is 12.5. The van der Waals surface area contributed by atoms with Crippen molar-refractivity contribution in [1.82, 2.24) is 0 Å². The molecule has 2 aromatic carbocycles. The average Bonchev–Trinajstić information content (AvgIpc) is 2.38. The number of nitrogens with zero attached hydrogens (tertiary/aromatic N) is 1. The molecule has 0 amide bonds. The van der Waals surface area contributed by atoms with Crippen LogP contribution in [0.2, 0.25) is 0 Å². The van der Waals surface area contributed by atoms with Crippen molar-refractivity contribution in [2.75, 3.05) is 0 Å². The van der Waals surface area contributed by atoms with E-state index in [0.29, 0.717) is 11.0 Å². The zero-order valence-electron chi connectivity index (χ0n) is 10.0. The topological polar surface area (TPSA) is 73.3 Å². The Labute approximate surface area is 107 Å². The first-order valence-electron chi connectivity index (χ1n) is 5.68. The Balaban J connectivity index is 2.55. The minimum absolute atomic E-state index is 0.118. The molecule has 0 unspecified atom stereocenters. The molecule has 19 heavy (non-hydrogen) atoms. The maximum atomic E-state index is 11.9. The van der Waals surface area contributed by atoms with Crippen molar-refractivity contribution < 1.29 is 9.34 Å². The fourth-order valence-corrected chi connectivity index (χ4v) is 2.26. The summed E-state index contributed by atoms with van der Waals surface area (Å²) in [6, 6.07) is 9.67. The van der Waals surface area contributed by atoms with Gasteiger partial charge in [-0.1, -0.05) is 12.1 Å². The lowest BCUT2D eigenvalue weighted by molar-refractivity contribution is -0.384. The third kappa shape index (κ3) is 1.67. The van der Waals surface area contributed by atoms with Gasteiger partial charge < -0.3 is 4.42 Å². The number of aryl methyl sites for hydroxylation is 1. The molecule has 0 spiro atoms. The van der Waals surface area contributed by atoms with E-state index in [0.717, 1.165) is 10.9 Å². The van der Waals surface area contributed by atoms with Gasteiger partial charge in [-0.3, -0.25) is 10.1 Å². The molecule has 0 atom stereocenters. The summed E-state index contributed by atoms with van der Waals surface area (Å²) >= 11 is 0. The lowest BCUT2D eigenvalue weighted by Gasteiger charge is -2.04. The quantitative estimate of drug-likeness (QED) is 0.290. The van der Waals surface area contributed by atoms with Crippen molar-refractivity contribution in [3.8, 4) is 0 Å². The van der Waals surface area contributed by atoms with Crippen LogP contribution in [0.1, 0.15) is 5.56 Å². The van der Waals surface area contributed by atoms with Gasteiger partial charge in [-0.15, -0.1) is 0 Å². The van der Waals surface area contributed by atoms with Gasteiger partial charge >= 0.3 is 5.63 Å². The number of nitro groups is 1. The van der Waals surface area contributed by atoms with E-state index in [1.165, 1.54) is 12.1 Å². The van der Waals surface area contributed by atoms with E-state index in [2.05, 4.69) is 0 Å². The number of rotatable bonds is 1. The molecule has 0 aliphatic heterocycles. The van der Waals surface area contributed by atoms with Gasteiger partial charge in [0.2, 0.25) is 0 Å². The number of non-ortho nitro benzene ring substituents is 1. The van der Waals surface area contributed by atoms with Crippen molar-refractivity contribution in [1.29, 1.82) is 0 Å². The second-order valence-electron chi connectivity index (χ2n) is 4.32. The molecule has 0 saturated carbocycles. The van der Waals surface area contributed by atoms with Gasteiger partial charge in [-0.2, -0.15) is 0 Å². The van der Waals surface area contributed by atoms with Crippen LogP contribution in [0.3, 0.4) is 0 Å². The van der Waals surface area contributed by atoms with Gasteiger partial charge in [0.05, 0.1) is 10.3 Å². The number of nitro benzene ring substituents is 1. The largest absolute Gasteiger partial charge is 0.422 e. The third-order valence-electron chi connectivity index (χ3n) is 3.14. The first-order valence-corrected chi connectivity index (χ1v) is 5.68.